The number of fused-ring (bicyclic) bond motifs is 1. The topological polar surface area (TPSA) is 16.1 Å². The number of pyridine rings is 1. The lowest BCUT2D eigenvalue weighted by molar-refractivity contribution is 0.166. The van der Waals surface area contributed by atoms with E-state index in [4.69, 9.17) is 0 Å². The van der Waals surface area contributed by atoms with Crippen LogP contribution in [0.5, 0.6) is 0 Å². The van der Waals surface area contributed by atoms with Crippen molar-refractivity contribution < 1.29 is 0 Å². The van der Waals surface area contributed by atoms with E-state index in [1.54, 1.807) is 0 Å². The molecule has 0 radical (unpaired) electrons. The predicted octanol–water partition coefficient (Wildman–Crippen LogP) is 4.23. The van der Waals surface area contributed by atoms with Gasteiger partial charge in [-0.1, -0.05) is 40.2 Å². The van der Waals surface area contributed by atoms with E-state index in [0.717, 1.165) is 23.3 Å². The molecule has 3 heteroatoms. The lowest BCUT2D eigenvalue weighted by Crippen LogP contribution is -2.35. The van der Waals surface area contributed by atoms with Crippen molar-refractivity contribution >= 4 is 26.8 Å². The van der Waals surface area contributed by atoms with Crippen LogP contribution in [0.25, 0.3) is 10.9 Å². The van der Waals surface area contributed by atoms with Crippen molar-refractivity contribution in [3.63, 3.8) is 0 Å². The first-order chi connectivity index (χ1) is 9.86. The largest absolute Gasteiger partial charge is 0.299 e. The molecule has 1 aliphatic heterocycles. The van der Waals surface area contributed by atoms with Crippen LogP contribution in [0.15, 0.2) is 36.5 Å². The fraction of sp³-hybridized carbons (Fsp3) is 0.471. The van der Waals surface area contributed by atoms with E-state index in [-0.39, 0.29) is 0 Å². The van der Waals surface area contributed by atoms with Gasteiger partial charge in [0.05, 0.1) is 5.52 Å². The Balaban J connectivity index is 1.76. The van der Waals surface area contributed by atoms with Gasteiger partial charge in [-0.2, -0.15) is 0 Å². The van der Waals surface area contributed by atoms with Gasteiger partial charge < -0.3 is 0 Å². The van der Waals surface area contributed by atoms with Crippen molar-refractivity contribution in [2.75, 3.05) is 18.4 Å². The molecule has 20 heavy (non-hydrogen) atoms. The highest BCUT2D eigenvalue weighted by atomic mass is 79.9. The molecule has 1 saturated heterocycles. The van der Waals surface area contributed by atoms with Gasteiger partial charge in [0.1, 0.15) is 0 Å². The Kier molecular flexibility index (Phi) is 4.69. The van der Waals surface area contributed by atoms with Crippen molar-refractivity contribution in [1.82, 2.24) is 9.88 Å². The summed E-state index contributed by atoms with van der Waals surface area (Å²) in [6.45, 7) is 3.49. The van der Waals surface area contributed by atoms with Crippen molar-refractivity contribution in [2.45, 2.75) is 25.8 Å². The van der Waals surface area contributed by atoms with E-state index >= 15 is 0 Å². The van der Waals surface area contributed by atoms with Gasteiger partial charge in [0.25, 0.3) is 0 Å². The first-order valence-corrected chi connectivity index (χ1v) is 8.60. The molecular weight excluding hydrogens is 312 g/mol. The fourth-order valence-corrected chi connectivity index (χ4v) is 3.87. The lowest BCUT2D eigenvalue weighted by Gasteiger charge is -2.32. The fourth-order valence-electron chi connectivity index (χ4n) is 3.22. The summed E-state index contributed by atoms with van der Waals surface area (Å²) in [6, 6.07) is 10.7. The van der Waals surface area contributed by atoms with Gasteiger partial charge in [0, 0.05) is 30.0 Å². The van der Waals surface area contributed by atoms with Crippen LogP contribution in [-0.2, 0) is 6.54 Å². The number of nitrogens with zero attached hydrogens (tertiary/aromatic N) is 2. The van der Waals surface area contributed by atoms with Crippen LogP contribution in [0.2, 0.25) is 0 Å². The summed E-state index contributed by atoms with van der Waals surface area (Å²) < 4.78 is 0. The third-order valence-corrected chi connectivity index (χ3v) is 4.69. The van der Waals surface area contributed by atoms with E-state index in [9.17, 15) is 0 Å². The van der Waals surface area contributed by atoms with Gasteiger partial charge >= 0.3 is 0 Å². The number of likely N-dealkylation sites (tertiary alicyclic amines) is 1. The Hall–Kier alpha value is -0.930. The maximum atomic E-state index is 4.57. The molecule has 0 aliphatic carbocycles. The zero-order valence-electron chi connectivity index (χ0n) is 11.8. The minimum Gasteiger partial charge on any atom is -0.299 e. The second-order valence-corrected chi connectivity index (χ2v) is 6.51. The first-order valence-electron chi connectivity index (χ1n) is 7.48. The Morgan fingerprint density at radius 1 is 1.25 bits per heavy atom. The van der Waals surface area contributed by atoms with Crippen molar-refractivity contribution in [2.24, 2.45) is 5.92 Å². The van der Waals surface area contributed by atoms with Gasteiger partial charge in [-0.25, -0.2) is 0 Å². The third kappa shape index (κ3) is 3.21. The molecule has 0 saturated carbocycles. The molecule has 1 atom stereocenters. The number of halogens is 1. The zero-order chi connectivity index (χ0) is 13.8. The van der Waals surface area contributed by atoms with Crippen molar-refractivity contribution in [3.8, 4) is 0 Å². The standard InChI is InChI=1S/C17H21BrN2/c18-9-8-14-4-3-11-20(12-14)13-16-6-1-5-15-7-2-10-19-17(15)16/h1-2,5-7,10,14H,3-4,8-9,11-13H2. The number of piperidine rings is 1. The summed E-state index contributed by atoms with van der Waals surface area (Å²) in [4.78, 5) is 7.17. The highest BCUT2D eigenvalue weighted by molar-refractivity contribution is 9.09. The van der Waals surface area contributed by atoms with Crippen LogP contribution < -0.4 is 0 Å². The molecule has 1 aromatic carbocycles. The molecule has 1 fully saturated rings. The minimum atomic E-state index is 0.853. The molecule has 106 valence electrons. The smallest absolute Gasteiger partial charge is 0.0746 e. The molecule has 1 aromatic heterocycles. The molecular formula is C17H21BrN2. The molecule has 0 amide bonds. The Bertz CT molecular complexity index is 562. The van der Waals surface area contributed by atoms with E-state index in [0.29, 0.717) is 0 Å². The van der Waals surface area contributed by atoms with Crippen LogP contribution in [0, 0.1) is 5.92 Å². The van der Waals surface area contributed by atoms with Crippen LogP contribution in [0.4, 0.5) is 0 Å². The molecule has 1 aliphatic rings. The maximum absolute atomic E-state index is 4.57. The zero-order valence-corrected chi connectivity index (χ0v) is 13.3. The summed E-state index contributed by atoms with van der Waals surface area (Å²) in [6.07, 6.45) is 5.91. The Morgan fingerprint density at radius 2 is 2.15 bits per heavy atom. The molecule has 3 rings (SSSR count). The Labute approximate surface area is 129 Å². The molecule has 0 bridgehead atoms. The molecule has 2 nitrogen and oxygen atoms in total. The number of hydrogen-bond acceptors (Lipinski definition) is 2. The van der Waals surface area contributed by atoms with E-state index in [1.165, 1.54) is 43.3 Å². The number of aromatic nitrogens is 1. The van der Waals surface area contributed by atoms with Gasteiger partial charge in [0.2, 0.25) is 0 Å². The monoisotopic (exact) mass is 332 g/mol. The highest BCUT2D eigenvalue weighted by Crippen LogP contribution is 2.24. The second kappa shape index (κ2) is 6.68. The van der Waals surface area contributed by atoms with Gasteiger partial charge in [-0.3, -0.25) is 9.88 Å². The van der Waals surface area contributed by atoms with Crippen LogP contribution in [0.1, 0.15) is 24.8 Å². The molecule has 2 heterocycles. The summed E-state index contributed by atoms with van der Waals surface area (Å²) in [7, 11) is 0. The first kappa shape index (κ1) is 14.0. The van der Waals surface area contributed by atoms with E-state index in [1.807, 2.05) is 12.3 Å². The quantitative estimate of drug-likeness (QED) is 0.779. The predicted molar refractivity (Wildman–Crippen MR) is 88.2 cm³/mol. The van der Waals surface area contributed by atoms with Gasteiger partial charge in [0.15, 0.2) is 0 Å². The summed E-state index contributed by atoms with van der Waals surface area (Å²) >= 11 is 3.58. The van der Waals surface area contributed by atoms with Crippen LogP contribution in [-0.4, -0.2) is 28.3 Å². The van der Waals surface area contributed by atoms with E-state index in [2.05, 4.69) is 50.1 Å². The summed E-state index contributed by atoms with van der Waals surface area (Å²) in [5.41, 5.74) is 2.53. The average Bonchev–Trinajstić information content (AvgIpc) is 2.48. The lowest BCUT2D eigenvalue weighted by atomic mass is 9.95. The summed E-state index contributed by atoms with van der Waals surface area (Å²) in [5, 5.41) is 2.38. The second-order valence-electron chi connectivity index (χ2n) is 5.71. The molecule has 2 aromatic rings. The van der Waals surface area contributed by atoms with Gasteiger partial charge in [-0.05, 0) is 43.4 Å². The van der Waals surface area contributed by atoms with E-state index < -0.39 is 0 Å². The number of benzene rings is 1. The third-order valence-electron chi connectivity index (χ3n) is 4.23. The molecule has 1 unspecified atom stereocenters. The minimum absolute atomic E-state index is 0.853. The molecule has 0 spiro atoms. The van der Waals surface area contributed by atoms with Crippen LogP contribution in [0.3, 0.4) is 0 Å². The number of para-hydroxylation sites is 1. The SMILES string of the molecule is BrCCC1CCCN(Cc2cccc3cccnc23)C1. The average molecular weight is 333 g/mol. The molecule has 0 N–H and O–H groups in total. The number of rotatable bonds is 4. The highest BCUT2D eigenvalue weighted by Gasteiger charge is 2.19. The number of alkyl halides is 1. The van der Waals surface area contributed by atoms with Gasteiger partial charge in [-0.15, -0.1) is 0 Å². The Morgan fingerprint density at radius 3 is 3.05 bits per heavy atom. The normalized spacial score (nSPS) is 20.4. The maximum Gasteiger partial charge on any atom is 0.0746 e. The number of hydrogen-bond donors (Lipinski definition) is 0. The van der Waals surface area contributed by atoms with Crippen molar-refractivity contribution in [1.29, 1.82) is 0 Å². The van der Waals surface area contributed by atoms with Crippen LogP contribution >= 0.6 is 15.9 Å². The summed E-state index contributed by atoms with van der Waals surface area (Å²) in [5.74, 6) is 0.853. The van der Waals surface area contributed by atoms with Crippen molar-refractivity contribution in [3.05, 3.63) is 42.1 Å².